The first-order chi connectivity index (χ1) is 23.5. The molecule has 1 fully saturated rings. The van der Waals surface area contributed by atoms with E-state index >= 15 is 0 Å². The second-order valence-corrected chi connectivity index (χ2v) is 13.8. The molecule has 0 spiro atoms. The maximum absolute atomic E-state index is 6.58. The molecule has 0 saturated heterocycles. The van der Waals surface area contributed by atoms with Crippen LogP contribution >= 0.6 is 0 Å². The van der Waals surface area contributed by atoms with Gasteiger partial charge in [0, 0.05) is 41.0 Å². The van der Waals surface area contributed by atoms with Crippen LogP contribution in [0.15, 0.2) is 116 Å². The number of rotatable bonds is 8. The van der Waals surface area contributed by atoms with Crippen LogP contribution in [0, 0.1) is 0 Å². The fraction of sp³-hybridized carbons (Fsp3) is 0.256. The van der Waals surface area contributed by atoms with Gasteiger partial charge in [-0.1, -0.05) is 89.1 Å². The predicted molar refractivity (Wildman–Crippen MR) is 197 cm³/mol. The summed E-state index contributed by atoms with van der Waals surface area (Å²) in [6.07, 6.45) is 11.2. The zero-order valence-corrected chi connectivity index (χ0v) is 28.2. The Morgan fingerprint density at radius 3 is 2.15 bits per heavy atom. The SMILES string of the molecule is CC(C)c1cc(C2CCCC2)cc(C(C)C)c1-n1ccnc1-c1cccc(Oc2ccc3c4ccccc4n(-c4ccccn4)c3c2)c1. The number of aromatic nitrogens is 4. The number of imidazole rings is 1. The van der Waals surface area contributed by atoms with E-state index in [9.17, 15) is 0 Å². The smallest absolute Gasteiger partial charge is 0.144 e. The van der Waals surface area contributed by atoms with Gasteiger partial charge in [0.2, 0.25) is 0 Å². The van der Waals surface area contributed by atoms with Crippen LogP contribution < -0.4 is 4.74 Å². The summed E-state index contributed by atoms with van der Waals surface area (Å²) in [4.78, 5) is 9.60. The van der Waals surface area contributed by atoms with Gasteiger partial charge < -0.3 is 4.74 Å². The predicted octanol–water partition coefficient (Wildman–Crippen LogP) is 11.7. The van der Waals surface area contributed by atoms with Crippen LogP contribution in [-0.4, -0.2) is 19.1 Å². The van der Waals surface area contributed by atoms with E-state index < -0.39 is 0 Å². The number of hydrogen-bond acceptors (Lipinski definition) is 3. The Morgan fingerprint density at radius 2 is 1.40 bits per heavy atom. The van der Waals surface area contributed by atoms with Gasteiger partial charge in [-0.25, -0.2) is 9.97 Å². The standard InChI is InChI=1S/C43H42N4O/c1-28(2)37-25-32(30-12-5-6-13-30)26-38(29(3)4)42(37)46-23-22-45-43(46)31-14-11-15-33(24-31)48-34-19-20-36-35-16-7-8-17-39(35)47(40(36)27-34)41-18-9-10-21-44-41/h7-11,14-30H,5-6,12-13H2,1-4H3. The summed E-state index contributed by atoms with van der Waals surface area (Å²) in [5.41, 5.74) is 8.77. The summed E-state index contributed by atoms with van der Waals surface area (Å²) in [6, 6.07) is 34.1. The summed E-state index contributed by atoms with van der Waals surface area (Å²) in [6.45, 7) is 9.26. The van der Waals surface area contributed by atoms with Crippen LogP contribution in [0.1, 0.15) is 87.8 Å². The molecule has 0 atom stereocenters. The lowest BCUT2D eigenvalue weighted by molar-refractivity contribution is 0.483. The second-order valence-electron chi connectivity index (χ2n) is 13.8. The van der Waals surface area contributed by atoms with Crippen molar-refractivity contribution < 1.29 is 4.74 Å². The highest BCUT2D eigenvalue weighted by Crippen LogP contribution is 2.41. The van der Waals surface area contributed by atoms with Crippen molar-refractivity contribution in [1.82, 2.24) is 19.1 Å². The van der Waals surface area contributed by atoms with Crippen LogP contribution in [-0.2, 0) is 0 Å². The number of para-hydroxylation sites is 1. The minimum Gasteiger partial charge on any atom is -0.457 e. The molecule has 0 aliphatic heterocycles. The van der Waals surface area contributed by atoms with Crippen LogP contribution in [0.3, 0.4) is 0 Å². The Balaban J connectivity index is 1.18. The zero-order chi connectivity index (χ0) is 32.8. The molecular weight excluding hydrogens is 589 g/mol. The number of fused-ring (bicyclic) bond motifs is 3. The Morgan fingerprint density at radius 1 is 0.667 bits per heavy atom. The van der Waals surface area contributed by atoms with Crippen molar-refractivity contribution >= 4 is 21.8 Å². The number of nitrogens with zero attached hydrogens (tertiary/aromatic N) is 4. The lowest BCUT2D eigenvalue weighted by Gasteiger charge is -2.25. The molecule has 0 amide bonds. The van der Waals surface area contributed by atoms with Crippen molar-refractivity contribution in [1.29, 1.82) is 0 Å². The number of ether oxygens (including phenoxy) is 1. The van der Waals surface area contributed by atoms with E-state index in [1.54, 1.807) is 0 Å². The molecule has 8 rings (SSSR count). The van der Waals surface area contributed by atoms with Crippen LogP contribution in [0.4, 0.5) is 0 Å². The summed E-state index contributed by atoms with van der Waals surface area (Å²) in [5.74, 6) is 4.80. The van der Waals surface area contributed by atoms with E-state index in [2.05, 4.69) is 121 Å². The fourth-order valence-electron chi connectivity index (χ4n) is 7.64. The number of pyridine rings is 1. The Bertz CT molecular complexity index is 2210. The van der Waals surface area contributed by atoms with Crippen molar-refractivity contribution in [2.45, 2.75) is 71.1 Å². The quantitative estimate of drug-likeness (QED) is 0.168. The molecular formula is C43H42N4O. The topological polar surface area (TPSA) is 44.9 Å². The van der Waals surface area contributed by atoms with Crippen molar-refractivity contribution in [2.24, 2.45) is 0 Å². The van der Waals surface area contributed by atoms with E-state index in [1.807, 2.05) is 36.7 Å². The lowest BCUT2D eigenvalue weighted by atomic mass is 9.86. The monoisotopic (exact) mass is 630 g/mol. The van der Waals surface area contributed by atoms with Gasteiger partial charge >= 0.3 is 0 Å². The summed E-state index contributed by atoms with van der Waals surface area (Å²) in [5, 5.41) is 2.36. The van der Waals surface area contributed by atoms with Crippen molar-refractivity contribution in [3.8, 4) is 34.4 Å². The number of hydrogen-bond donors (Lipinski definition) is 0. The van der Waals surface area contributed by atoms with Gasteiger partial charge in [-0.15, -0.1) is 0 Å². The molecule has 3 aromatic heterocycles. The molecule has 1 saturated carbocycles. The van der Waals surface area contributed by atoms with E-state index in [0.29, 0.717) is 17.8 Å². The fourth-order valence-corrected chi connectivity index (χ4v) is 7.64. The molecule has 1 aliphatic carbocycles. The molecule has 7 aromatic rings. The van der Waals surface area contributed by atoms with Crippen LogP contribution in [0.2, 0.25) is 0 Å². The van der Waals surface area contributed by atoms with Gasteiger partial charge in [0.15, 0.2) is 0 Å². The van der Waals surface area contributed by atoms with Crippen molar-refractivity contribution in [3.63, 3.8) is 0 Å². The van der Waals surface area contributed by atoms with Gasteiger partial charge in [0.25, 0.3) is 0 Å². The van der Waals surface area contributed by atoms with Crippen molar-refractivity contribution in [2.75, 3.05) is 0 Å². The van der Waals surface area contributed by atoms with Crippen LogP contribution in [0.5, 0.6) is 11.5 Å². The summed E-state index contributed by atoms with van der Waals surface area (Å²) >= 11 is 0. The molecule has 240 valence electrons. The van der Waals surface area contributed by atoms with Gasteiger partial charge in [-0.2, -0.15) is 0 Å². The first kappa shape index (κ1) is 30.2. The minimum atomic E-state index is 0.389. The first-order valence-electron chi connectivity index (χ1n) is 17.4. The maximum Gasteiger partial charge on any atom is 0.144 e. The molecule has 0 unspecified atom stereocenters. The molecule has 48 heavy (non-hydrogen) atoms. The Kier molecular flexibility index (Phi) is 7.84. The molecule has 3 heterocycles. The first-order valence-corrected chi connectivity index (χ1v) is 17.4. The zero-order valence-electron chi connectivity index (χ0n) is 28.2. The lowest BCUT2D eigenvalue weighted by Crippen LogP contribution is -2.10. The molecule has 5 heteroatoms. The van der Waals surface area contributed by atoms with Gasteiger partial charge in [0.1, 0.15) is 23.1 Å². The third-order valence-corrected chi connectivity index (χ3v) is 9.99. The molecule has 4 aromatic carbocycles. The molecule has 0 bridgehead atoms. The van der Waals surface area contributed by atoms with Gasteiger partial charge in [-0.05, 0) is 89.8 Å². The molecule has 1 aliphatic rings. The molecule has 5 nitrogen and oxygen atoms in total. The normalized spacial score (nSPS) is 13.8. The molecule has 0 radical (unpaired) electrons. The van der Waals surface area contributed by atoms with Crippen molar-refractivity contribution in [3.05, 3.63) is 132 Å². The van der Waals surface area contributed by atoms with E-state index in [0.717, 1.165) is 39.7 Å². The average Bonchev–Trinajstić information content (AvgIpc) is 3.88. The minimum absolute atomic E-state index is 0.389. The van der Waals surface area contributed by atoms with E-state index in [-0.39, 0.29) is 0 Å². The Labute approximate surface area is 282 Å². The highest BCUT2D eigenvalue weighted by atomic mass is 16.5. The summed E-state index contributed by atoms with van der Waals surface area (Å²) in [7, 11) is 0. The van der Waals surface area contributed by atoms with E-state index in [1.165, 1.54) is 58.8 Å². The highest BCUT2D eigenvalue weighted by molar-refractivity contribution is 6.09. The summed E-state index contributed by atoms with van der Waals surface area (Å²) < 4.78 is 11.1. The van der Waals surface area contributed by atoms with Gasteiger partial charge in [-0.3, -0.25) is 9.13 Å². The second kappa shape index (κ2) is 12.5. The molecule has 0 N–H and O–H groups in total. The van der Waals surface area contributed by atoms with Gasteiger partial charge in [0.05, 0.1) is 16.7 Å². The Hall–Kier alpha value is -5.16. The van der Waals surface area contributed by atoms with E-state index in [4.69, 9.17) is 9.72 Å². The largest absolute Gasteiger partial charge is 0.457 e. The number of benzene rings is 4. The highest BCUT2D eigenvalue weighted by Gasteiger charge is 2.24. The third kappa shape index (κ3) is 5.37. The maximum atomic E-state index is 6.58. The van der Waals surface area contributed by atoms with Crippen LogP contribution in [0.25, 0.3) is 44.7 Å². The third-order valence-electron chi connectivity index (χ3n) is 9.99. The average molecular weight is 631 g/mol.